The molecule has 3 heteroatoms. The van der Waals surface area contributed by atoms with Crippen molar-refractivity contribution in [1.82, 2.24) is 0 Å². The summed E-state index contributed by atoms with van der Waals surface area (Å²) in [5.41, 5.74) is 1.25. The van der Waals surface area contributed by atoms with Crippen molar-refractivity contribution in [3.8, 4) is 0 Å². The van der Waals surface area contributed by atoms with Crippen LogP contribution in [0.3, 0.4) is 0 Å². The Morgan fingerprint density at radius 3 is 2.25 bits per heavy atom. The molecular weight excluding hydrogens is 264 g/mol. The molecule has 0 heterocycles. The van der Waals surface area contributed by atoms with Gasteiger partial charge in [0, 0.05) is 18.8 Å². The van der Waals surface area contributed by atoms with Crippen LogP contribution in [0.15, 0.2) is 36.0 Å². The normalized spacial score (nSPS) is 15.7. The van der Waals surface area contributed by atoms with E-state index in [2.05, 4.69) is 52.1 Å². The third-order valence-electron chi connectivity index (χ3n) is 4.11. The lowest BCUT2D eigenvalue weighted by Crippen LogP contribution is -2.40. The molecule has 0 bridgehead atoms. The first-order chi connectivity index (χ1) is 9.26. The van der Waals surface area contributed by atoms with Crippen LogP contribution in [-0.4, -0.2) is 27.8 Å². The molecule has 1 aliphatic carbocycles. The molecular formula is C17H29O2Si+. The van der Waals surface area contributed by atoms with Gasteiger partial charge in [0.1, 0.15) is 0 Å². The van der Waals surface area contributed by atoms with Crippen LogP contribution >= 0.6 is 0 Å². The molecule has 0 saturated heterocycles. The minimum atomic E-state index is -1.58. The summed E-state index contributed by atoms with van der Waals surface area (Å²) in [7, 11) is 0.114. The van der Waals surface area contributed by atoms with E-state index < -0.39 is 8.32 Å². The fraction of sp³-hybridized carbons (Fsp3) is 0.588. The maximum atomic E-state index is 6.17. The van der Waals surface area contributed by atoms with Crippen molar-refractivity contribution in [3.63, 3.8) is 0 Å². The van der Waals surface area contributed by atoms with E-state index in [9.17, 15) is 0 Å². The van der Waals surface area contributed by atoms with Crippen molar-refractivity contribution in [2.75, 3.05) is 13.7 Å². The first kappa shape index (κ1) is 17.1. The molecule has 1 rings (SSSR count). The molecule has 0 spiro atoms. The van der Waals surface area contributed by atoms with Gasteiger partial charge < -0.3 is 4.43 Å². The number of ketones is 1. The Morgan fingerprint density at radius 2 is 1.75 bits per heavy atom. The second kappa shape index (κ2) is 7.18. The van der Waals surface area contributed by atoms with Gasteiger partial charge >= 0.3 is 5.78 Å². The van der Waals surface area contributed by atoms with Crippen molar-refractivity contribution in [3.05, 3.63) is 36.0 Å². The van der Waals surface area contributed by atoms with Crippen LogP contribution in [-0.2, 0) is 8.85 Å². The highest BCUT2D eigenvalue weighted by Gasteiger charge is 2.36. The van der Waals surface area contributed by atoms with Gasteiger partial charge in [-0.2, -0.15) is 0 Å². The maximum Gasteiger partial charge on any atom is 0.343 e. The van der Waals surface area contributed by atoms with Crippen molar-refractivity contribution >= 4 is 14.1 Å². The molecule has 0 amide bonds. The zero-order chi connectivity index (χ0) is 15.2. The Balaban J connectivity index is 2.32. The molecule has 0 aromatic rings. The Bertz CT molecular complexity index is 416. The van der Waals surface area contributed by atoms with Crippen LogP contribution in [0.25, 0.3) is 0 Å². The van der Waals surface area contributed by atoms with Gasteiger partial charge in [-0.3, -0.25) is 4.42 Å². The van der Waals surface area contributed by atoms with E-state index in [-0.39, 0.29) is 0 Å². The van der Waals surface area contributed by atoms with Crippen LogP contribution in [0.2, 0.25) is 18.1 Å². The van der Waals surface area contributed by atoms with E-state index in [1.807, 2.05) is 12.2 Å². The molecule has 0 aliphatic heterocycles. The smallest absolute Gasteiger partial charge is 0.343 e. The minimum Gasteiger partial charge on any atom is -0.417 e. The third kappa shape index (κ3) is 5.21. The van der Waals surface area contributed by atoms with Crippen molar-refractivity contribution in [2.24, 2.45) is 0 Å². The highest BCUT2D eigenvalue weighted by molar-refractivity contribution is 6.74. The number of hydrogen-bond acceptors (Lipinski definition) is 1. The standard InChI is InChI=1S/C17H29O2Si/c1-17(2,3)20(5,6)19-14-8-7-9-15-10-12-16(18-4)13-11-15/h9-13H,7-8,14H2,1-6H3/q+1. The van der Waals surface area contributed by atoms with E-state index in [0.717, 1.165) is 25.2 Å². The number of allylic oxidation sites excluding steroid dienone is 6. The van der Waals surface area contributed by atoms with Crippen molar-refractivity contribution in [2.45, 2.75) is 51.7 Å². The third-order valence-corrected chi connectivity index (χ3v) is 8.65. The summed E-state index contributed by atoms with van der Waals surface area (Å²) in [5, 5.41) is 0.298. The second-order valence-corrected chi connectivity index (χ2v) is 11.5. The molecule has 0 fully saturated rings. The minimum absolute atomic E-state index is 0.298. The van der Waals surface area contributed by atoms with E-state index in [0.29, 0.717) is 5.04 Å². The fourth-order valence-electron chi connectivity index (χ4n) is 1.64. The summed E-state index contributed by atoms with van der Waals surface area (Å²) in [4.78, 5) is 0. The molecule has 0 saturated carbocycles. The van der Waals surface area contributed by atoms with Crippen molar-refractivity contribution < 1.29 is 8.85 Å². The lowest BCUT2D eigenvalue weighted by molar-refractivity contribution is -0.417. The lowest BCUT2D eigenvalue weighted by atomic mass is 10.1. The molecule has 0 unspecified atom stereocenters. The molecule has 2 nitrogen and oxygen atoms in total. The monoisotopic (exact) mass is 293 g/mol. The van der Waals surface area contributed by atoms with E-state index in [1.54, 1.807) is 7.11 Å². The van der Waals surface area contributed by atoms with Gasteiger partial charge in [0.25, 0.3) is 7.11 Å². The van der Waals surface area contributed by atoms with Gasteiger partial charge in [0.05, 0.1) is 0 Å². The van der Waals surface area contributed by atoms with Gasteiger partial charge in [0.15, 0.2) is 8.32 Å². The first-order valence-electron chi connectivity index (χ1n) is 7.37. The average Bonchev–Trinajstić information content (AvgIpc) is 2.37. The molecule has 0 radical (unpaired) electrons. The van der Waals surface area contributed by atoms with Gasteiger partial charge in [-0.15, -0.1) is 0 Å². The summed E-state index contributed by atoms with van der Waals surface area (Å²) < 4.78 is 11.3. The summed E-state index contributed by atoms with van der Waals surface area (Å²) in [6, 6.07) is 0. The molecule has 0 atom stereocenters. The Hall–Kier alpha value is -0.933. The Labute approximate surface area is 125 Å². The van der Waals surface area contributed by atoms with Gasteiger partial charge in [-0.1, -0.05) is 26.8 Å². The van der Waals surface area contributed by atoms with Crippen LogP contribution in [0, 0.1) is 0 Å². The number of carbonyl (C=O) groups excluding carboxylic acids is 1. The quantitative estimate of drug-likeness (QED) is 0.413. The van der Waals surface area contributed by atoms with Gasteiger partial charge in [0.2, 0.25) is 0 Å². The predicted octanol–water partition coefficient (Wildman–Crippen LogP) is 4.58. The maximum absolute atomic E-state index is 6.17. The highest BCUT2D eigenvalue weighted by atomic mass is 28.4. The van der Waals surface area contributed by atoms with E-state index in [1.165, 1.54) is 5.57 Å². The molecule has 0 N–H and O–H groups in total. The van der Waals surface area contributed by atoms with E-state index >= 15 is 0 Å². The van der Waals surface area contributed by atoms with Gasteiger partial charge in [-0.25, -0.2) is 0 Å². The molecule has 1 aliphatic rings. The topological polar surface area (TPSA) is 20.5 Å². The molecule has 112 valence electrons. The van der Waals surface area contributed by atoms with Crippen LogP contribution in [0.4, 0.5) is 0 Å². The predicted molar refractivity (Wildman–Crippen MR) is 89.7 cm³/mol. The first-order valence-corrected chi connectivity index (χ1v) is 10.3. The Morgan fingerprint density at radius 1 is 1.15 bits per heavy atom. The molecule has 0 aromatic heterocycles. The van der Waals surface area contributed by atoms with E-state index in [4.69, 9.17) is 8.85 Å². The summed E-state index contributed by atoms with van der Waals surface area (Å²) in [6.07, 6.45) is 12.6. The Kier molecular flexibility index (Phi) is 6.15. The largest absolute Gasteiger partial charge is 0.417 e. The fourth-order valence-corrected chi connectivity index (χ4v) is 2.72. The zero-order valence-corrected chi connectivity index (χ0v) is 14.8. The number of hydrogen-bond donors (Lipinski definition) is 0. The zero-order valence-electron chi connectivity index (χ0n) is 13.8. The highest BCUT2D eigenvalue weighted by Crippen LogP contribution is 2.36. The SMILES string of the molecule is C[O+]=C1C=CC(=CCCCO[Si](C)(C)C(C)(C)C)C=C1. The van der Waals surface area contributed by atoms with Crippen LogP contribution in [0.5, 0.6) is 0 Å². The summed E-state index contributed by atoms with van der Waals surface area (Å²) >= 11 is 0. The number of rotatable bonds is 5. The van der Waals surface area contributed by atoms with Crippen molar-refractivity contribution in [1.29, 1.82) is 0 Å². The molecule has 20 heavy (non-hydrogen) atoms. The summed E-state index contributed by atoms with van der Waals surface area (Å²) in [6.45, 7) is 12.3. The molecule has 0 aromatic carbocycles. The van der Waals surface area contributed by atoms with Crippen LogP contribution < -0.4 is 0 Å². The number of unbranched alkanes of at least 4 members (excludes halogenated alkanes) is 1. The summed E-state index contributed by atoms with van der Waals surface area (Å²) in [5.74, 6) is 0.906. The van der Waals surface area contributed by atoms with Gasteiger partial charge in [-0.05, 0) is 48.7 Å². The second-order valence-electron chi connectivity index (χ2n) is 6.73. The average molecular weight is 294 g/mol. The lowest BCUT2D eigenvalue weighted by Gasteiger charge is -2.36. The van der Waals surface area contributed by atoms with Crippen LogP contribution in [0.1, 0.15) is 33.6 Å².